The maximum Gasteiger partial charge on any atom is 0.237 e. The molecule has 0 fully saturated rings. The van der Waals surface area contributed by atoms with Crippen LogP contribution in [0.25, 0.3) is 17.0 Å². The summed E-state index contributed by atoms with van der Waals surface area (Å²) in [5.41, 5.74) is 2.09. The summed E-state index contributed by atoms with van der Waals surface area (Å²) in [5.74, 6) is -1.64. The van der Waals surface area contributed by atoms with E-state index in [1.54, 1.807) is 41.9 Å². The van der Waals surface area contributed by atoms with Gasteiger partial charge in [0.05, 0.1) is 17.1 Å². The molecule has 9 heteroatoms. The summed E-state index contributed by atoms with van der Waals surface area (Å²) in [6.45, 7) is 1.75. The van der Waals surface area contributed by atoms with Crippen molar-refractivity contribution in [2.75, 3.05) is 4.72 Å². The normalized spacial score (nSPS) is 11.7. The first-order valence-electron chi connectivity index (χ1n) is 8.66. The lowest BCUT2D eigenvalue weighted by atomic mass is 10.1. The molecular formula is C20H16F2N4O2S. The number of halogens is 2. The van der Waals surface area contributed by atoms with Crippen LogP contribution in [0.15, 0.2) is 61.1 Å². The van der Waals surface area contributed by atoms with Crippen LogP contribution in [-0.2, 0) is 15.8 Å². The highest BCUT2D eigenvalue weighted by Crippen LogP contribution is 2.26. The molecule has 0 saturated carbocycles. The van der Waals surface area contributed by atoms with E-state index < -0.39 is 27.4 Å². The number of sulfonamides is 1. The van der Waals surface area contributed by atoms with Crippen LogP contribution >= 0.6 is 0 Å². The summed E-state index contributed by atoms with van der Waals surface area (Å²) in [6, 6.07) is 9.73. The molecule has 0 saturated heterocycles. The van der Waals surface area contributed by atoms with Crippen molar-refractivity contribution in [3.05, 3.63) is 83.8 Å². The summed E-state index contributed by atoms with van der Waals surface area (Å²) in [5, 5.41) is 0. The van der Waals surface area contributed by atoms with E-state index in [2.05, 4.69) is 14.7 Å². The number of benzene rings is 2. The molecule has 0 atom stereocenters. The third-order valence-electron chi connectivity index (χ3n) is 4.39. The molecule has 29 heavy (non-hydrogen) atoms. The average Bonchev–Trinajstić information content (AvgIpc) is 3.10. The van der Waals surface area contributed by atoms with Crippen LogP contribution in [0.3, 0.4) is 0 Å². The zero-order valence-electron chi connectivity index (χ0n) is 15.3. The Bertz CT molecular complexity index is 1290. The lowest BCUT2D eigenvalue weighted by molar-refractivity contribution is 0.581. The molecule has 2 heterocycles. The van der Waals surface area contributed by atoms with Crippen LogP contribution in [0.2, 0.25) is 0 Å². The fourth-order valence-corrected chi connectivity index (χ4v) is 4.18. The smallest absolute Gasteiger partial charge is 0.237 e. The summed E-state index contributed by atoms with van der Waals surface area (Å²) >= 11 is 0. The van der Waals surface area contributed by atoms with Gasteiger partial charge in [0.2, 0.25) is 15.8 Å². The van der Waals surface area contributed by atoms with Gasteiger partial charge >= 0.3 is 0 Å². The van der Waals surface area contributed by atoms with Crippen molar-refractivity contribution in [1.29, 1.82) is 0 Å². The molecule has 0 aliphatic rings. The molecule has 148 valence electrons. The number of aromatic nitrogens is 3. The second-order valence-corrected chi connectivity index (χ2v) is 8.30. The number of rotatable bonds is 5. The van der Waals surface area contributed by atoms with E-state index in [0.717, 1.165) is 18.2 Å². The molecule has 4 rings (SSSR count). The van der Waals surface area contributed by atoms with Crippen LogP contribution in [0.1, 0.15) is 11.1 Å². The summed E-state index contributed by atoms with van der Waals surface area (Å²) in [4.78, 5) is 8.59. The van der Waals surface area contributed by atoms with E-state index in [1.165, 1.54) is 0 Å². The number of anilines is 1. The molecule has 0 radical (unpaired) electrons. The highest BCUT2D eigenvalue weighted by Gasteiger charge is 2.17. The van der Waals surface area contributed by atoms with Gasteiger partial charge in [0.15, 0.2) is 0 Å². The lowest BCUT2D eigenvalue weighted by Crippen LogP contribution is -2.16. The summed E-state index contributed by atoms with van der Waals surface area (Å²) in [6.07, 6.45) is 5.23. The van der Waals surface area contributed by atoms with Gasteiger partial charge in [-0.3, -0.25) is 9.12 Å². The standard InChI is InChI=1S/C20H16F2N4O2S/c1-13-3-4-14(19-11-26-8-2-7-23-20(26)24-19)10-18(13)25-29(27,28)12-15-9-16(21)5-6-17(15)22/h2-11,25H,12H2,1H3. The molecule has 1 N–H and O–H groups in total. The maximum absolute atomic E-state index is 13.8. The Morgan fingerprint density at radius 1 is 1.14 bits per heavy atom. The van der Waals surface area contributed by atoms with Gasteiger partial charge in [-0.15, -0.1) is 0 Å². The second-order valence-electron chi connectivity index (χ2n) is 6.58. The Labute approximate surface area is 165 Å². The number of imidazole rings is 1. The Hall–Kier alpha value is -3.33. The Morgan fingerprint density at radius 3 is 2.76 bits per heavy atom. The molecule has 0 amide bonds. The number of hydrogen-bond donors (Lipinski definition) is 1. The SMILES string of the molecule is Cc1ccc(-c2cn3cccnc3n2)cc1NS(=O)(=O)Cc1cc(F)ccc1F. The van der Waals surface area contributed by atoms with Gasteiger partial charge in [0, 0.05) is 29.7 Å². The van der Waals surface area contributed by atoms with E-state index in [0.29, 0.717) is 28.3 Å². The van der Waals surface area contributed by atoms with Gasteiger partial charge in [-0.05, 0) is 42.8 Å². The van der Waals surface area contributed by atoms with Crippen LogP contribution in [0.4, 0.5) is 14.5 Å². The Balaban J connectivity index is 1.64. The van der Waals surface area contributed by atoms with Gasteiger partial charge < -0.3 is 0 Å². The van der Waals surface area contributed by atoms with Gasteiger partial charge in [0.25, 0.3) is 0 Å². The van der Waals surface area contributed by atoms with E-state index in [4.69, 9.17) is 0 Å². The zero-order chi connectivity index (χ0) is 20.6. The van der Waals surface area contributed by atoms with Crippen molar-refractivity contribution in [3.63, 3.8) is 0 Å². The first-order valence-corrected chi connectivity index (χ1v) is 10.3. The fourth-order valence-electron chi connectivity index (χ4n) is 2.92. The first kappa shape index (κ1) is 19.0. The lowest BCUT2D eigenvalue weighted by Gasteiger charge is -2.12. The van der Waals surface area contributed by atoms with E-state index in [1.807, 2.05) is 12.3 Å². The van der Waals surface area contributed by atoms with Crippen molar-refractivity contribution in [1.82, 2.24) is 14.4 Å². The van der Waals surface area contributed by atoms with E-state index >= 15 is 0 Å². The first-order chi connectivity index (χ1) is 13.8. The van der Waals surface area contributed by atoms with E-state index in [-0.39, 0.29) is 5.56 Å². The maximum atomic E-state index is 13.8. The largest absolute Gasteiger partial charge is 0.291 e. The molecule has 0 bridgehead atoms. The fraction of sp³-hybridized carbons (Fsp3) is 0.100. The number of nitrogens with zero attached hydrogens (tertiary/aromatic N) is 3. The van der Waals surface area contributed by atoms with Crippen LogP contribution in [0.5, 0.6) is 0 Å². The molecule has 6 nitrogen and oxygen atoms in total. The monoisotopic (exact) mass is 414 g/mol. The number of hydrogen-bond acceptors (Lipinski definition) is 4. The van der Waals surface area contributed by atoms with E-state index in [9.17, 15) is 17.2 Å². The van der Waals surface area contributed by atoms with Crippen LogP contribution in [0, 0.1) is 18.6 Å². The predicted molar refractivity (Wildman–Crippen MR) is 106 cm³/mol. The summed E-state index contributed by atoms with van der Waals surface area (Å²) in [7, 11) is -3.97. The third kappa shape index (κ3) is 4.09. The average molecular weight is 414 g/mol. The molecule has 2 aromatic heterocycles. The minimum Gasteiger partial charge on any atom is -0.291 e. The Kier molecular flexibility index (Phi) is 4.75. The van der Waals surface area contributed by atoms with Crippen molar-refractivity contribution in [2.45, 2.75) is 12.7 Å². The number of aryl methyl sites for hydroxylation is 1. The van der Waals surface area contributed by atoms with Crippen molar-refractivity contribution in [2.24, 2.45) is 0 Å². The van der Waals surface area contributed by atoms with Gasteiger partial charge in [-0.25, -0.2) is 27.2 Å². The van der Waals surface area contributed by atoms with Gasteiger partial charge in [0.1, 0.15) is 11.6 Å². The van der Waals surface area contributed by atoms with Crippen LogP contribution in [-0.4, -0.2) is 22.8 Å². The van der Waals surface area contributed by atoms with Crippen LogP contribution < -0.4 is 4.72 Å². The highest BCUT2D eigenvalue weighted by molar-refractivity contribution is 7.91. The van der Waals surface area contributed by atoms with Crippen molar-refractivity contribution < 1.29 is 17.2 Å². The highest BCUT2D eigenvalue weighted by atomic mass is 32.2. The Morgan fingerprint density at radius 2 is 1.97 bits per heavy atom. The van der Waals surface area contributed by atoms with Crippen molar-refractivity contribution >= 4 is 21.5 Å². The third-order valence-corrected chi connectivity index (χ3v) is 5.61. The quantitative estimate of drug-likeness (QED) is 0.537. The molecule has 0 unspecified atom stereocenters. The van der Waals surface area contributed by atoms with Gasteiger partial charge in [-0.1, -0.05) is 12.1 Å². The molecular weight excluding hydrogens is 398 g/mol. The predicted octanol–water partition coefficient (Wildman–Crippen LogP) is 3.92. The van der Waals surface area contributed by atoms with Gasteiger partial charge in [-0.2, -0.15) is 0 Å². The molecule has 4 aromatic rings. The minimum atomic E-state index is -3.97. The minimum absolute atomic E-state index is 0.238. The molecule has 0 aliphatic carbocycles. The summed E-state index contributed by atoms with van der Waals surface area (Å²) < 4.78 is 56.5. The number of nitrogens with one attached hydrogen (secondary N) is 1. The number of fused-ring (bicyclic) bond motifs is 1. The molecule has 2 aromatic carbocycles. The zero-order valence-corrected chi connectivity index (χ0v) is 16.1. The molecule has 0 aliphatic heterocycles. The van der Waals surface area contributed by atoms with Crippen molar-refractivity contribution in [3.8, 4) is 11.3 Å². The second kappa shape index (κ2) is 7.25. The topological polar surface area (TPSA) is 76.4 Å². The molecule has 0 spiro atoms.